The summed E-state index contributed by atoms with van der Waals surface area (Å²) >= 11 is 4.45. The molecule has 0 N–H and O–H groups in total. The van der Waals surface area contributed by atoms with Crippen molar-refractivity contribution in [1.82, 2.24) is 14.8 Å². The third-order valence-corrected chi connectivity index (χ3v) is 3.98. The number of nitrogens with zero attached hydrogens (tertiary/aromatic N) is 3. The minimum atomic E-state index is 0.517. The molecule has 1 fully saturated rings. The molecule has 0 spiro atoms. The SMILES string of the molecule is Cc1ccc(-c2nnc(S)n2C2CCCC2)cc1. The molecule has 0 aliphatic heterocycles. The van der Waals surface area contributed by atoms with Gasteiger partial charge in [0.2, 0.25) is 0 Å². The average molecular weight is 259 g/mol. The monoisotopic (exact) mass is 259 g/mol. The maximum absolute atomic E-state index is 4.45. The molecule has 3 rings (SSSR count). The summed E-state index contributed by atoms with van der Waals surface area (Å²) < 4.78 is 2.20. The molecular weight excluding hydrogens is 242 g/mol. The van der Waals surface area contributed by atoms with Crippen molar-refractivity contribution >= 4 is 12.6 Å². The first kappa shape index (κ1) is 11.8. The van der Waals surface area contributed by atoms with E-state index < -0.39 is 0 Å². The van der Waals surface area contributed by atoms with Gasteiger partial charge in [-0.1, -0.05) is 42.7 Å². The standard InChI is InChI=1S/C14H17N3S/c1-10-6-8-11(9-7-10)13-15-16-14(18)17(13)12-4-2-3-5-12/h6-9,12H,2-5H2,1H3,(H,16,18). The number of thiol groups is 1. The summed E-state index contributed by atoms with van der Waals surface area (Å²) in [5.41, 5.74) is 2.39. The largest absolute Gasteiger partial charge is 0.299 e. The van der Waals surface area contributed by atoms with Gasteiger partial charge < -0.3 is 0 Å². The predicted molar refractivity (Wildman–Crippen MR) is 75.0 cm³/mol. The highest BCUT2D eigenvalue weighted by Gasteiger charge is 2.23. The minimum Gasteiger partial charge on any atom is -0.299 e. The molecule has 0 bridgehead atoms. The second-order valence-corrected chi connectivity index (χ2v) is 5.40. The van der Waals surface area contributed by atoms with E-state index in [1.807, 2.05) is 0 Å². The van der Waals surface area contributed by atoms with Gasteiger partial charge in [0, 0.05) is 11.6 Å². The van der Waals surface area contributed by atoms with Crippen LogP contribution in [0.25, 0.3) is 11.4 Å². The Bertz CT molecular complexity index is 539. The summed E-state index contributed by atoms with van der Waals surface area (Å²) in [6.45, 7) is 2.09. The van der Waals surface area contributed by atoms with Crippen LogP contribution in [0.4, 0.5) is 0 Å². The smallest absolute Gasteiger partial charge is 0.188 e. The fourth-order valence-electron chi connectivity index (χ4n) is 2.68. The van der Waals surface area contributed by atoms with Gasteiger partial charge in [-0.2, -0.15) is 0 Å². The zero-order valence-corrected chi connectivity index (χ0v) is 11.4. The van der Waals surface area contributed by atoms with Crippen LogP contribution in [0.1, 0.15) is 37.3 Å². The van der Waals surface area contributed by atoms with Crippen molar-refractivity contribution in [3.63, 3.8) is 0 Å². The molecule has 3 nitrogen and oxygen atoms in total. The lowest BCUT2D eigenvalue weighted by molar-refractivity contribution is 0.486. The molecule has 1 aromatic carbocycles. The van der Waals surface area contributed by atoms with E-state index in [1.165, 1.54) is 31.2 Å². The molecule has 1 heterocycles. The van der Waals surface area contributed by atoms with Crippen molar-refractivity contribution in [3.8, 4) is 11.4 Å². The Hall–Kier alpha value is -1.29. The Balaban J connectivity index is 2.04. The van der Waals surface area contributed by atoms with Gasteiger partial charge in [-0.25, -0.2) is 0 Å². The Kier molecular flexibility index (Phi) is 3.12. The lowest BCUT2D eigenvalue weighted by Gasteiger charge is -2.15. The second-order valence-electron chi connectivity index (χ2n) is 5.00. The first-order chi connectivity index (χ1) is 8.75. The zero-order valence-electron chi connectivity index (χ0n) is 10.5. The van der Waals surface area contributed by atoms with Gasteiger partial charge in [0.05, 0.1) is 0 Å². The molecule has 4 heteroatoms. The summed E-state index contributed by atoms with van der Waals surface area (Å²) in [6.07, 6.45) is 5.02. The van der Waals surface area contributed by atoms with E-state index in [9.17, 15) is 0 Å². The molecule has 0 amide bonds. The van der Waals surface area contributed by atoms with Gasteiger partial charge in [0.15, 0.2) is 11.0 Å². The van der Waals surface area contributed by atoms with Crippen LogP contribution >= 0.6 is 12.6 Å². The third-order valence-electron chi connectivity index (χ3n) is 3.68. The van der Waals surface area contributed by atoms with Gasteiger partial charge in [-0.05, 0) is 19.8 Å². The summed E-state index contributed by atoms with van der Waals surface area (Å²) in [6, 6.07) is 8.96. The molecule has 2 aromatic rings. The van der Waals surface area contributed by atoms with Crippen LogP contribution in [-0.2, 0) is 0 Å². The lowest BCUT2D eigenvalue weighted by Crippen LogP contribution is -2.07. The predicted octanol–water partition coefficient (Wildman–Crippen LogP) is 3.66. The first-order valence-corrected chi connectivity index (χ1v) is 6.91. The normalized spacial score (nSPS) is 16.3. The molecule has 94 valence electrons. The molecule has 0 radical (unpaired) electrons. The molecule has 18 heavy (non-hydrogen) atoms. The summed E-state index contributed by atoms with van der Waals surface area (Å²) in [7, 11) is 0. The zero-order chi connectivity index (χ0) is 12.5. The number of aryl methyl sites for hydroxylation is 1. The number of hydrogen-bond acceptors (Lipinski definition) is 3. The van der Waals surface area contributed by atoms with Crippen molar-refractivity contribution < 1.29 is 0 Å². The van der Waals surface area contributed by atoms with Crippen molar-refractivity contribution in [2.75, 3.05) is 0 Å². The highest BCUT2D eigenvalue weighted by molar-refractivity contribution is 7.80. The van der Waals surface area contributed by atoms with Gasteiger partial charge >= 0.3 is 0 Å². The number of aromatic nitrogens is 3. The molecule has 1 aromatic heterocycles. The van der Waals surface area contributed by atoms with Crippen molar-refractivity contribution in [2.45, 2.75) is 43.8 Å². The average Bonchev–Trinajstić information content (AvgIpc) is 2.99. The Morgan fingerprint density at radius 3 is 2.44 bits per heavy atom. The van der Waals surface area contributed by atoms with Crippen LogP contribution in [0.3, 0.4) is 0 Å². The van der Waals surface area contributed by atoms with Gasteiger partial charge in [-0.15, -0.1) is 22.8 Å². The Labute approximate surface area is 113 Å². The summed E-state index contributed by atoms with van der Waals surface area (Å²) in [5.74, 6) is 0.951. The van der Waals surface area contributed by atoms with Crippen molar-refractivity contribution in [3.05, 3.63) is 29.8 Å². The Morgan fingerprint density at radius 2 is 1.78 bits per heavy atom. The molecule has 1 aliphatic carbocycles. The van der Waals surface area contributed by atoms with Crippen LogP contribution in [0, 0.1) is 6.92 Å². The maximum atomic E-state index is 4.45. The van der Waals surface area contributed by atoms with E-state index in [-0.39, 0.29) is 0 Å². The molecule has 1 aliphatic rings. The van der Waals surface area contributed by atoms with Gasteiger partial charge in [0.1, 0.15) is 0 Å². The Morgan fingerprint density at radius 1 is 1.11 bits per heavy atom. The van der Waals surface area contributed by atoms with Gasteiger partial charge in [-0.3, -0.25) is 4.57 Å². The number of benzene rings is 1. The molecule has 0 saturated heterocycles. The van der Waals surface area contributed by atoms with Crippen LogP contribution < -0.4 is 0 Å². The van der Waals surface area contributed by atoms with E-state index in [4.69, 9.17) is 0 Å². The second kappa shape index (κ2) is 4.76. The van der Waals surface area contributed by atoms with Crippen molar-refractivity contribution in [2.24, 2.45) is 0 Å². The molecule has 0 atom stereocenters. The van der Waals surface area contributed by atoms with Crippen LogP contribution in [0.5, 0.6) is 0 Å². The molecule has 0 unspecified atom stereocenters. The van der Waals surface area contributed by atoms with E-state index in [0.717, 1.165) is 16.5 Å². The highest BCUT2D eigenvalue weighted by Crippen LogP contribution is 2.34. The topological polar surface area (TPSA) is 30.7 Å². The number of rotatable bonds is 2. The van der Waals surface area contributed by atoms with E-state index in [2.05, 4.69) is 58.6 Å². The lowest BCUT2D eigenvalue weighted by atomic mass is 10.1. The number of hydrogen-bond donors (Lipinski definition) is 1. The van der Waals surface area contributed by atoms with E-state index >= 15 is 0 Å². The minimum absolute atomic E-state index is 0.517. The summed E-state index contributed by atoms with van der Waals surface area (Å²) in [5, 5.41) is 9.17. The highest BCUT2D eigenvalue weighted by atomic mass is 32.1. The van der Waals surface area contributed by atoms with Gasteiger partial charge in [0.25, 0.3) is 0 Å². The fourth-order valence-corrected chi connectivity index (χ4v) is 2.98. The summed E-state index contributed by atoms with van der Waals surface area (Å²) in [4.78, 5) is 0. The first-order valence-electron chi connectivity index (χ1n) is 6.46. The van der Waals surface area contributed by atoms with Crippen LogP contribution in [0.15, 0.2) is 29.4 Å². The molecular formula is C14H17N3S. The van der Waals surface area contributed by atoms with E-state index in [1.54, 1.807) is 0 Å². The van der Waals surface area contributed by atoms with Crippen LogP contribution in [0.2, 0.25) is 0 Å². The van der Waals surface area contributed by atoms with Crippen molar-refractivity contribution in [1.29, 1.82) is 0 Å². The third kappa shape index (κ3) is 2.05. The maximum Gasteiger partial charge on any atom is 0.188 e. The molecule has 1 saturated carbocycles. The van der Waals surface area contributed by atoms with Crippen LogP contribution in [-0.4, -0.2) is 14.8 Å². The quantitative estimate of drug-likeness (QED) is 0.834. The van der Waals surface area contributed by atoms with E-state index in [0.29, 0.717) is 6.04 Å². The fraction of sp³-hybridized carbons (Fsp3) is 0.429.